The van der Waals surface area contributed by atoms with E-state index in [1.165, 1.54) is 5.01 Å². The molecule has 2 aliphatic rings. The third kappa shape index (κ3) is 5.04. The first-order chi connectivity index (χ1) is 16.4. The van der Waals surface area contributed by atoms with Crippen LogP contribution in [0.3, 0.4) is 0 Å². The average molecular weight is 462 g/mol. The predicted octanol–water partition coefficient (Wildman–Crippen LogP) is 1.83. The summed E-state index contributed by atoms with van der Waals surface area (Å²) in [6.07, 6.45) is 1.57. The minimum absolute atomic E-state index is 0.0191. The molecule has 1 saturated heterocycles. The minimum Gasteiger partial charge on any atom is -0.493 e. The van der Waals surface area contributed by atoms with E-state index in [1.54, 1.807) is 30.5 Å². The van der Waals surface area contributed by atoms with E-state index in [9.17, 15) is 9.90 Å². The topological polar surface area (TPSA) is 99.0 Å². The molecular formula is C25H31N7O2. The lowest BCUT2D eigenvalue weighted by atomic mass is 9.99. The summed E-state index contributed by atoms with van der Waals surface area (Å²) >= 11 is 0. The van der Waals surface area contributed by atoms with Gasteiger partial charge < -0.3 is 14.9 Å². The lowest BCUT2D eigenvalue weighted by molar-refractivity contribution is 0.0629. The number of aliphatic hydroxyl groups is 1. The molecule has 3 heterocycles. The van der Waals surface area contributed by atoms with Crippen LogP contribution in [0.1, 0.15) is 27.0 Å². The quantitative estimate of drug-likeness (QED) is 0.672. The van der Waals surface area contributed by atoms with Crippen molar-refractivity contribution in [3.05, 3.63) is 64.7 Å². The van der Waals surface area contributed by atoms with Gasteiger partial charge in [0.2, 0.25) is 5.88 Å². The molecule has 9 nitrogen and oxygen atoms in total. The zero-order valence-corrected chi connectivity index (χ0v) is 20.0. The number of aromatic nitrogens is 1. The van der Waals surface area contributed by atoms with E-state index in [2.05, 4.69) is 40.4 Å². The molecule has 0 aliphatic carbocycles. The van der Waals surface area contributed by atoms with Gasteiger partial charge in [-0.2, -0.15) is 5.26 Å². The molecule has 34 heavy (non-hydrogen) atoms. The Kier molecular flexibility index (Phi) is 7.12. The number of nitriles is 1. The van der Waals surface area contributed by atoms with Crippen molar-refractivity contribution in [3.63, 3.8) is 0 Å². The lowest BCUT2D eigenvalue weighted by Crippen LogP contribution is -2.50. The first-order valence-corrected chi connectivity index (χ1v) is 11.5. The Morgan fingerprint density at radius 1 is 1.21 bits per heavy atom. The largest absolute Gasteiger partial charge is 0.493 e. The molecule has 2 aromatic rings. The van der Waals surface area contributed by atoms with Crippen molar-refractivity contribution in [1.29, 1.82) is 5.26 Å². The van der Waals surface area contributed by atoms with Gasteiger partial charge in [-0.25, -0.2) is 15.4 Å². The predicted molar refractivity (Wildman–Crippen MR) is 131 cm³/mol. The zero-order valence-electron chi connectivity index (χ0n) is 20.0. The third-order valence-electron chi connectivity index (χ3n) is 6.32. The SMILES string of the molecule is Cc1cc(C#N)ccc1C1=C(O)N(c2ccc(C(=O)N3CCN(CCN(C)C)CC3)cn2)NC1. The van der Waals surface area contributed by atoms with Gasteiger partial charge >= 0.3 is 0 Å². The number of aliphatic hydroxyl groups excluding tert-OH is 1. The summed E-state index contributed by atoms with van der Waals surface area (Å²) in [4.78, 5) is 23.8. The van der Waals surface area contributed by atoms with Crippen LogP contribution in [0.4, 0.5) is 5.82 Å². The zero-order chi connectivity index (χ0) is 24.2. The second-order valence-electron chi connectivity index (χ2n) is 8.96. The van der Waals surface area contributed by atoms with E-state index in [1.807, 2.05) is 17.9 Å². The normalized spacial score (nSPS) is 16.9. The van der Waals surface area contributed by atoms with Gasteiger partial charge in [-0.3, -0.25) is 9.69 Å². The maximum atomic E-state index is 12.9. The second-order valence-corrected chi connectivity index (χ2v) is 8.96. The minimum atomic E-state index is -0.0191. The van der Waals surface area contributed by atoms with Gasteiger partial charge in [-0.05, 0) is 56.4 Å². The number of aryl methyl sites for hydroxylation is 1. The third-order valence-corrected chi connectivity index (χ3v) is 6.32. The Bertz CT molecular complexity index is 1110. The fraction of sp³-hybridized carbons (Fsp3) is 0.400. The van der Waals surface area contributed by atoms with Crippen LogP contribution >= 0.6 is 0 Å². The number of anilines is 1. The molecule has 1 amide bonds. The molecular weight excluding hydrogens is 430 g/mol. The fourth-order valence-electron chi connectivity index (χ4n) is 4.27. The number of rotatable bonds is 6. The second kappa shape index (κ2) is 10.2. The summed E-state index contributed by atoms with van der Waals surface area (Å²) in [6, 6.07) is 11.0. The Balaban J connectivity index is 1.41. The first kappa shape index (κ1) is 23.7. The molecule has 1 fully saturated rings. The van der Waals surface area contributed by atoms with Crippen LogP contribution in [0.5, 0.6) is 0 Å². The number of hydrazine groups is 1. The number of nitrogens with zero attached hydrogens (tertiary/aromatic N) is 6. The number of hydrogen-bond acceptors (Lipinski definition) is 8. The molecule has 0 saturated carbocycles. The molecule has 9 heteroatoms. The summed E-state index contributed by atoms with van der Waals surface area (Å²) in [5.41, 5.74) is 6.79. The molecule has 0 atom stereocenters. The number of nitrogens with one attached hydrogen (secondary N) is 1. The van der Waals surface area contributed by atoms with Crippen molar-refractivity contribution < 1.29 is 9.90 Å². The van der Waals surface area contributed by atoms with Crippen molar-refractivity contribution in [2.75, 3.05) is 64.9 Å². The number of hydrogen-bond donors (Lipinski definition) is 2. The summed E-state index contributed by atoms with van der Waals surface area (Å²) in [7, 11) is 4.14. The molecule has 2 N–H and O–H groups in total. The Morgan fingerprint density at radius 3 is 2.59 bits per heavy atom. The van der Waals surface area contributed by atoms with E-state index < -0.39 is 0 Å². The maximum absolute atomic E-state index is 12.9. The fourth-order valence-corrected chi connectivity index (χ4v) is 4.27. The van der Waals surface area contributed by atoms with Crippen LogP contribution in [-0.2, 0) is 0 Å². The molecule has 2 aliphatic heterocycles. The number of piperazine rings is 1. The number of pyridine rings is 1. The Labute approximate surface area is 200 Å². The smallest absolute Gasteiger partial charge is 0.255 e. The van der Waals surface area contributed by atoms with E-state index in [-0.39, 0.29) is 11.8 Å². The summed E-state index contributed by atoms with van der Waals surface area (Å²) in [5, 5.41) is 21.5. The first-order valence-electron chi connectivity index (χ1n) is 11.5. The van der Waals surface area contributed by atoms with Crippen molar-refractivity contribution in [1.82, 2.24) is 25.1 Å². The van der Waals surface area contributed by atoms with Crippen LogP contribution < -0.4 is 10.4 Å². The molecule has 4 rings (SSSR count). The van der Waals surface area contributed by atoms with Gasteiger partial charge in [-0.15, -0.1) is 0 Å². The Morgan fingerprint density at radius 2 is 1.97 bits per heavy atom. The molecule has 0 unspecified atom stereocenters. The van der Waals surface area contributed by atoms with Crippen LogP contribution in [0.2, 0.25) is 0 Å². The average Bonchev–Trinajstić information content (AvgIpc) is 3.23. The van der Waals surface area contributed by atoms with Gasteiger partial charge in [0.15, 0.2) is 0 Å². The van der Waals surface area contributed by atoms with Gasteiger partial charge in [0.1, 0.15) is 5.82 Å². The highest BCUT2D eigenvalue weighted by molar-refractivity contribution is 5.94. The monoisotopic (exact) mass is 461 g/mol. The number of carbonyl (C=O) groups excluding carboxylic acids is 1. The van der Waals surface area contributed by atoms with Crippen LogP contribution in [-0.4, -0.2) is 90.6 Å². The summed E-state index contributed by atoms with van der Waals surface area (Å²) < 4.78 is 0. The van der Waals surface area contributed by atoms with Gasteiger partial charge in [0.05, 0.1) is 17.2 Å². The summed E-state index contributed by atoms with van der Waals surface area (Å²) in [5.74, 6) is 0.548. The van der Waals surface area contributed by atoms with E-state index in [4.69, 9.17) is 5.26 Å². The van der Waals surface area contributed by atoms with Gasteiger partial charge in [-0.1, -0.05) is 6.07 Å². The Hall–Kier alpha value is -3.45. The van der Waals surface area contributed by atoms with Gasteiger partial charge in [0.25, 0.3) is 5.91 Å². The van der Waals surface area contributed by atoms with Gasteiger partial charge in [0, 0.05) is 57.6 Å². The van der Waals surface area contributed by atoms with Crippen molar-refractivity contribution in [2.24, 2.45) is 0 Å². The standard InChI is InChI=1S/C25H31N7O2/c1-18-14-19(15-26)4-6-21(18)22-17-28-32(25(22)34)23-7-5-20(16-27-23)24(33)31-12-10-30(11-13-31)9-8-29(2)3/h4-7,14,16,28,34H,8-13,17H2,1-3H3. The highest BCUT2D eigenvalue weighted by Gasteiger charge is 2.27. The van der Waals surface area contributed by atoms with Crippen LogP contribution in [0.25, 0.3) is 5.57 Å². The van der Waals surface area contributed by atoms with Crippen LogP contribution in [0, 0.1) is 18.3 Å². The molecule has 1 aromatic heterocycles. The van der Waals surface area contributed by atoms with E-state index in [0.717, 1.165) is 42.9 Å². The highest BCUT2D eigenvalue weighted by Crippen LogP contribution is 2.29. The molecule has 0 radical (unpaired) electrons. The molecule has 0 bridgehead atoms. The number of benzene rings is 1. The van der Waals surface area contributed by atoms with Crippen molar-refractivity contribution in [2.45, 2.75) is 6.92 Å². The number of carbonyl (C=O) groups is 1. The summed E-state index contributed by atoms with van der Waals surface area (Å²) in [6.45, 7) is 7.53. The van der Waals surface area contributed by atoms with Crippen molar-refractivity contribution in [3.8, 4) is 6.07 Å². The maximum Gasteiger partial charge on any atom is 0.255 e. The molecule has 1 aromatic carbocycles. The lowest BCUT2D eigenvalue weighted by Gasteiger charge is -2.35. The van der Waals surface area contributed by atoms with Crippen LogP contribution in [0.15, 0.2) is 42.4 Å². The molecule has 178 valence electrons. The van der Waals surface area contributed by atoms with Crippen molar-refractivity contribution >= 4 is 17.3 Å². The van der Waals surface area contributed by atoms with E-state index >= 15 is 0 Å². The highest BCUT2D eigenvalue weighted by atomic mass is 16.3. The number of amides is 1. The molecule has 0 spiro atoms. The number of likely N-dealkylation sites (N-methyl/N-ethyl adjacent to an activating group) is 1. The van der Waals surface area contributed by atoms with E-state index in [0.29, 0.717) is 36.6 Å².